The van der Waals surface area contributed by atoms with E-state index in [1.165, 1.54) is 11.1 Å². The van der Waals surface area contributed by atoms with E-state index in [9.17, 15) is 4.79 Å². The van der Waals surface area contributed by atoms with Gasteiger partial charge in [0.1, 0.15) is 0 Å². The Hall–Kier alpha value is -1.39. The van der Waals surface area contributed by atoms with Crippen molar-refractivity contribution in [2.75, 3.05) is 25.1 Å². The standard InChI is InChI=1S/C15H20N2O2/c18-15(12-4-2-8-19-10-12)17-14-5-1-3-11-9-16-7-6-13(11)14/h1,3,5,12,16H,2,4,6-10H2,(H,17,18). The van der Waals surface area contributed by atoms with Gasteiger partial charge in [0.15, 0.2) is 0 Å². The number of amides is 1. The van der Waals surface area contributed by atoms with E-state index < -0.39 is 0 Å². The van der Waals surface area contributed by atoms with Gasteiger partial charge >= 0.3 is 0 Å². The first kappa shape index (κ1) is 12.6. The first-order valence-electron chi connectivity index (χ1n) is 7.04. The van der Waals surface area contributed by atoms with Crippen LogP contribution in [0.5, 0.6) is 0 Å². The summed E-state index contributed by atoms with van der Waals surface area (Å²) in [6.07, 6.45) is 2.89. The van der Waals surface area contributed by atoms with Crippen LogP contribution >= 0.6 is 0 Å². The van der Waals surface area contributed by atoms with Crippen LogP contribution in [0.4, 0.5) is 5.69 Å². The van der Waals surface area contributed by atoms with E-state index in [2.05, 4.69) is 16.7 Å². The molecule has 1 saturated heterocycles. The smallest absolute Gasteiger partial charge is 0.229 e. The second-order valence-electron chi connectivity index (χ2n) is 5.27. The van der Waals surface area contributed by atoms with Crippen LogP contribution in [0.3, 0.4) is 0 Å². The Balaban J connectivity index is 1.74. The molecule has 4 nitrogen and oxygen atoms in total. The van der Waals surface area contributed by atoms with Crippen molar-refractivity contribution in [2.24, 2.45) is 5.92 Å². The van der Waals surface area contributed by atoms with Crippen molar-refractivity contribution in [3.8, 4) is 0 Å². The van der Waals surface area contributed by atoms with Gasteiger partial charge in [0, 0.05) is 18.8 Å². The largest absolute Gasteiger partial charge is 0.381 e. The molecule has 0 spiro atoms. The number of carbonyl (C=O) groups excluding carboxylic acids is 1. The predicted molar refractivity (Wildman–Crippen MR) is 74.0 cm³/mol. The van der Waals surface area contributed by atoms with E-state index in [0.29, 0.717) is 6.61 Å². The molecule has 1 atom stereocenters. The van der Waals surface area contributed by atoms with Gasteiger partial charge in [-0.25, -0.2) is 0 Å². The Bertz CT molecular complexity index is 467. The molecule has 1 aromatic carbocycles. The molecule has 0 bridgehead atoms. The number of fused-ring (bicyclic) bond motifs is 1. The number of ether oxygens (including phenoxy) is 1. The van der Waals surface area contributed by atoms with Crippen LogP contribution in [-0.2, 0) is 22.5 Å². The second kappa shape index (κ2) is 5.72. The zero-order valence-corrected chi connectivity index (χ0v) is 11.1. The molecule has 0 saturated carbocycles. The topological polar surface area (TPSA) is 50.4 Å². The number of anilines is 1. The lowest BCUT2D eigenvalue weighted by molar-refractivity contribution is -0.123. The van der Waals surface area contributed by atoms with E-state index in [1.807, 2.05) is 12.1 Å². The minimum atomic E-state index is 0.00585. The lowest BCUT2D eigenvalue weighted by atomic mass is 9.97. The molecule has 2 heterocycles. The Morgan fingerprint density at radius 2 is 2.37 bits per heavy atom. The first-order chi connectivity index (χ1) is 9.34. The molecule has 3 rings (SSSR count). The van der Waals surface area contributed by atoms with Gasteiger partial charge in [0.25, 0.3) is 0 Å². The van der Waals surface area contributed by atoms with E-state index in [0.717, 1.165) is 44.6 Å². The van der Waals surface area contributed by atoms with Gasteiger partial charge in [0.05, 0.1) is 12.5 Å². The van der Waals surface area contributed by atoms with Gasteiger partial charge in [-0.1, -0.05) is 12.1 Å². The van der Waals surface area contributed by atoms with E-state index >= 15 is 0 Å². The first-order valence-corrected chi connectivity index (χ1v) is 7.04. The zero-order chi connectivity index (χ0) is 13.1. The minimum Gasteiger partial charge on any atom is -0.381 e. The van der Waals surface area contributed by atoms with Crippen molar-refractivity contribution >= 4 is 11.6 Å². The summed E-state index contributed by atoms with van der Waals surface area (Å²) < 4.78 is 5.38. The number of benzene rings is 1. The van der Waals surface area contributed by atoms with Crippen molar-refractivity contribution in [3.05, 3.63) is 29.3 Å². The summed E-state index contributed by atoms with van der Waals surface area (Å²) >= 11 is 0. The summed E-state index contributed by atoms with van der Waals surface area (Å²) in [5.41, 5.74) is 3.56. The van der Waals surface area contributed by atoms with Crippen molar-refractivity contribution in [3.63, 3.8) is 0 Å². The van der Waals surface area contributed by atoms with Crippen LogP contribution in [0.1, 0.15) is 24.0 Å². The van der Waals surface area contributed by atoms with E-state index in [4.69, 9.17) is 4.74 Å². The Morgan fingerprint density at radius 1 is 1.42 bits per heavy atom. The maximum absolute atomic E-state index is 12.2. The Morgan fingerprint density at radius 3 is 3.21 bits per heavy atom. The summed E-state index contributed by atoms with van der Waals surface area (Å²) in [6.45, 7) is 3.22. The van der Waals surface area contributed by atoms with Crippen LogP contribution in [0.2, 0.25) is 0 Å². The molecule has 0 radical (unpaired) electrons. The summed E-state index contributed by atoms with van der Waals surface area (Å²) in [5.74, 6) is 0.109. The molecular formula is C15H20N2O2. The van der Waals surface area contributed by atoms with Crippen molar-refractivity contribution in [1.29, 1.82) is 0 Å². The Labute approximate surface area is 113 Å². The van der Waals surface area contributed by atoms with Gasteiger partial charge in [-0.2, -0.15) is 0 Å². The second-order valence-corrected chi connectivity index (χ2v) is 5.27. The number of nitrogens with one attached hydrogen (secondary N) is 2. The van der Waals surface area contributed by atoms with E-state index in [1.54, 1.807) is 0 Å². The molecule has 2 aliphatic rings. The zero-order valence-electron chi connectivity index (χ0n) is 11.1. The van der Waals surface area contributed by atoms with E-state index in [-0.39, 0.29) is 11.8 Å². The van der Waals surface area contributed by atoms with Crippen LogP contribution in [0.15, 0.2) is 18.2 Å². The van der Waals surface area contributed by atoms with Gasteiger partial charge in [-0.3, -0.25) is 4.79 Å². The number of carbonyl (C=O) groups is 1. The fraction of sp³-hybridized carbons (Fsp3) is 0.533. The maximum atomic E-state index is 12.2. The fourth-order valence-corrected chi connectivity index (χ4v) is 2.83. The summed E-state index contributed by atoms with van der Waals surface area (Å²) in [4.78, 5) is 12.2. The van der Waals surface area contributed by atoms with Crippen molar-refractivity contribution in [1.82, 2.24) is 5.32 Å². The quantitative estimate of drug-likeness (QED) is 0.851. The minimum absolute atomic E-state index is 0.00585. The average molecular weight is 260 g/mol. The van der Waals surface area contributed by atoms with Crippen LogP contribution < -0.4 is 10.6 Å². The SMILES string of the molecule is O=C(Nc1cccc2c1CCNC2)C1CCCOC1. The van der Waals surface area contributed by atoms with Crippen LogP contribution in [0, 0.1) is 5.92 Å². The lowest BCUT2D eigenvalue weighted by Crippen LogP contribution is -2.31. The highest BCUT2D eigenvalue weighted by molar-refractivity contribution is 5.93. The van der Waals surface area contributed by atoms with Gasteiger partial charge < -0.3 is 15.4 Å². The maximum Gasteiger partial charge on any atom is 0.229 e. The van der Waals surface area contributed by atoms with Gasteiger partial charge in [-0.05, 0) is 43.0 Å². The highest BCUT2D eigenvalue weighted by atomic mass is 16.5. The number of hydrogen-bond donors (Lipinski definition) is 2. The molecule has 0 aromatic heterocycles. The molecule has 2 aliphatic heterocycles. The molecule has 1 unspecified atom stereocenters. The van der Waals surface area contributed by atoms with Gasteiger partial charge in [0.2, 0.25) is 5.91 Å². The fourth-order valence-electron chi connectivity index (χ4n) is 2.83. The highest BCUT2D eigenvalue weighted by Gasteiger charge is 2.23. The summed E-state index contributed by atoms with van der Waals surface area (Å²) in [7, 11) is 0. The third-order valence-corrected chi connectivity index (χ3v) is 3.93. The third kappa shape index (κ3) is 2.80. The number of hydrogen-bond acceptors (Lipinski definition) is 3. The monoisotopic (exact) mass is 260 g/mol. The van der Waals surface area contributed by atoms with Crippen molar-refractivity contribution in [2.45, 2.75) is 25.8 Å². The molecule has 102 valence electrons. The Kier molecular flexibility index (Phi) is 3.80. The predicted octanol–water partition coefficient (Wildman–Crippen LogP) is 1.70. The molecule has 19 heavy (non-hydrogen) atoms. The lowest BCUT2D eigenvalue weighted by Gasteiger charge is -2.24. The average Bonchev–Trinajstić information content (AvgIpc) is 2.48. The molecular weight excluding hydrogens is 240 g/mol. The normalized spacial score (nSPS) is 22.6. The third-order valence-electron chi connectivity index (χ3n) is 3.93. The van der Waals surface area contributed by atoms with Gasteiger partial charge in [-0.15, -0.1) is 0 Å². The highest BCUT2D eigenvalue weighted by Crippen LogP contribution is 2.24. The molecule has 1 aromatic rings. The summed E-state index contributed by atoms with van der Waals surface area (Å²) in [6, 6.07) is 6.14. The van der Waals surface area contributed by atoms with Crippen LogP contribution in [0.25, 0.3) is 0 Å². The van der Waals surface area contributed by atoms with Crippen LogP contribution in [-0.4, -0.2) is 25.7 Å². The molecule has 2 N–H and O–H groups in total. The molecule has 4 heteroatoms. The molecule has 1 amide bonds. The van der Waals surface area contributed by atoms with Crippen molar-refractivity contribution < 1.29 is 9.53 Å². The molecule has 1 fully saturated rings. The number of rotatable bonds is 2. The molecule has 0 aliphatic carbocycles. The summed E-state index contributed by atoms with van der Waals surface area (Å²) in [5, 5.41) is 6.45.